The fourth-order valence-corrected chi connectivity index (χ4v) is 7.56. The number of likely N-dealkylation sites (N-methyl/N-ethyl adjacent to an activating group) is 2. The molecule has 0 unspecified atom stereocenters. The zero-order chi connectivity index (χ0) is 40.0. The highest BCUT2D eigenvalue weighted by molar-refractivity contribution is 5.99. The summed E-state index contributed by atoms with van der Waals surface area (Å²) in [5, 5.41) is 15.0. The Morgan fingerprint density at radius 2 is 1.38 bits per heavy atom. The molecule has 0 saturated carbocycles. The zero-order valence-electron chi connectivity index (χ0n) is 33.2. The summed E-state index contributed by atoms with van der Waals surface area (Å²) in [5.41, 5.74) is 2.35. The highest BCUT2D eigenvalue weighted by Crippen LogP contribution is 2.31. The van der Waals surface area contributed by atoms with Crippen molar-refractivity contribution in [3.63, 3.8) is 0 Å². The molecule has 2 heterocycles. The van der Waals surface area contributed by atoms with Gasteiger partial charge in [-0.1, -0.05) is 45.0 Å². The van der Waals surface area contributed by atoms with Gasteiger partial charge < -0.3 is 41.3 Å². The van der Waals surface area contributed by atoms with E-state index >= 15 is 0 Å². The van der Waals surface area contributed by atoms with Gasteiger partial charge in [0.2, 0.25) is 23.6 Å². The molecule has 2 fully saturated rings. The van der Waals surface area contributed by atoms with Crippen LogP contribution in [0, 0.1) is 5.41 Å². The molecule has 2 aliphatic heterocycles. The van der Waals surface area contributed by atoms with E-state index in [0.29, 0.717) is 37.3 Å². The van der Waals surface area contributed by atoms with E-state index in [2.05, 4.69) is 32.7 Å². The van der Waals surface area contributed by atoms with E-state index in [1.54, 1.807) is 55.1 Å². The summed E-state index contributed by atoms with van der Waals surface area (Å²) in [5.74, 6) is -1.61. The first kappa shape index (κ1) is 41.3. The smallest absolute Gasteiger partial charge is 0.253 e. The van der Waals surface area contributed by atoms with Gasteiger partial charge in [0.1, 0.15) is 12.1 Å². The van der Waals surface area contributed by atoms with E-state index in [1.807, 2.05) is 45.9 Å². The predicted octanol–water partition coefficient (Wildman–Crippen LogP) is 1.61. The molecule has 6 atom stereocenters. The third kappa shape index (κ3) is 9.71. The number of nitrogens with zero attached hydrogens (tertiary/aromatic N) is 3. The van der Waals surface area contributed by atoms with E-state index in [1.165, 1.54) is 10.5 Å². The number of nitrogens with one attached hydrogen (secondary N) is 5. The van der Waals surface area contributed by atoms with Gasteiger partial charge in [-0.3, -0.25) is 28.8 Å². The molecule has 55 heavy (non-hydrogen) atoms. The van der Waals surface area contributed by atoms with Crippen LogP contribution in [0.15, 0.2) is 48.5 Å². The molecule has 5 rings (SSSR count). The Kier molecular flexibility index (Phi) is 13.3. The monoisotopic (exact) mass is 758 g/mol. The van der Waals surface area contributed by atoms with Crippen molar-refractivity contribution >= 4 is 35.4 Å². The lowest BCUT2D eigenvalue weighted by Gasteiger charge is -2.36. The van der Waals surface area contributed by atoms with Crippen LogP contribution in [0.5, 0.6) is 0 Å². The van der Waals surface area contributed by atoms with Crippen molar-refractivity contribution in [2.75, 3.05) is 46.8 Å². The summed E-state index contributed by atoms with van der Waals surface area (Å²) in [7, 11) is 3.40. The van der Waals surface area contributed by atoms with Crippen molar-refractivity contribution in [3.05, 3.63) is 70.8 Å². The molecule has 298 valence electrons. The van der Waals surface area contributed by atoms with E-state index < -0.39 is 41.4 Å². The summed E-state index contributed by atoms with van der Waals surface area (Å²) < 4.78 is 0. The van der Waals surface area contributed by atoms with E-state index in [0.717, 1.165) is 24.8 Å². The van der Waals surface area contributed by atoms with Gasteiger partial charge >= 0.3 is 0 Å². The van der Waals surface area contributed by atoms with Gasteiger partial charge in [-0.05, 0) is 94.4 Å². The number of benzene rings is 2. The molecule has 2 aromatic carbocycles. The van der Waals surface area contributed by atoms with Crippen LogP contribution in [-0.4, -0.2) is 127 Å². The minimum atomic E-state index is -0.929. The van der Waals surface area contributed by atoms with Crippen LogP contribution in [0.4, 0.5) is 0 Å². The Hall–Kier alpha value is -4.82. The summed E-state index contributed by atoms with van der Waals surface area (Å²) in [4.78, 5) is 86.0. The second kappa shape index (κ2) is 17.8. The van der Waals surface area contributed by atoms with Crippen LogP contribution in [0.3, 0.4) is 0 Å². The summed E-state index contributed by atoms with van der Waals surface area (Å²) in [6.07, 6.45) is 2.83. The van der Waals surface area contributed by atoms with Gasteiger partial charge in [0.15, 0.2) is 0 Å². The summed E-state index contributed by atoms with van der Waals surface area (Å²) in [6, 6.07) is 11.1. The number of piperazine rings is 1. The Bertz CT molecular complexity index is 1730. The standard InChI is InChI=1S/C41H58N8O6/c1-25(42-6)35(50)46-34(41(3,4)5)40(55)49-24-30(23-33(49)37(52)45-32-14-10-12-27-11-8-9-13-31(27)32)44-36(51)28-15-17-29(18-16-28)39(54)48-21-19-47(20-22-48)38(53)26(2)43-7/h8-9,11,13,15-18,25-26,30,32-34,42-43H,10,12,14,19-24H2,1-7H3,(H,44,51)(H,45,52)(H,46,50)/t25-,26-,30-,32+,33-,34+/m0/s1. The molecule has 14 nitrogen and oxygen atoms in total. The highest BCUT2D eigenvalue weighted by atomic mass is 16.2. The fraction of sp³-hybridized carbons (Fsp3) is 0.561. The minimum Gasteiger partial charge on any atom is -0.347 e. The molecular formula is C41H58N8O6. The van der Waals surface area contributed by atoms with Crippen LogP contribution >= 0.6 is 0 Å². The van der Waals surface area contributed by atoms with Crippen molar-refractivity contribution < 1.29 is 28.8 Å². The lowest BCUT2D eigenvalue weighted by molar-refractivity contribution is -0.144. The molecule has 0 bridgehead atoms. The minimum absolute atomic E-state index is 0.00149. The lowest BCUT2D eigenvalue weighted by atomic mass is 9.85. The number of carbonyl (C=O) groups excluding carboxylic acids is 6. The van der Waals surface area contributed by atoms with Crippen molar-refractivity contribution in [3.8, 4) is 0 Å². The third-order valence-corrected chi connectivity index (χ3v) is 11.2. The van der Waals surface area contributed by atoms with Gasteiger partial charge in [-0.2, -0.15) is 0 Å². The average molecular weight is 759 g/mol. The number of aryl methyl sites for hydroxylation is 1. The second-order valence-corrected chi connectivity index (χ2v) is 16.1. The van der Waals surface area contributed by atoms with E-state index in [9.17, 15) is 28.8 Å². The molecular weight excluding hydrogens is 701 g/mol. The van der Waals surface area contributed by atoms with Gasteiger partial charge in [0.25, 0.3) is 11.8 Å². The molecule has 0 spiro atoms. The van der Waals surface area contributed by atoms with E-state index in [4.69, 9.17) is 0 Å². The molecule has 2 aromatic rings. The normalized spacial score (nSPS) is 21.5. The summed E-state index contributed by atoms with van der Waals surface area (Å²) >= 11 is 0. The van der Waals surface area contributed by atoms with Gasteiger partial charge in [0, 0.05) is 49.9 Å². The average Bonchev–Trinajstić information content (AvgIpc) is 3.62. The third-order valence-electron chi connectivity index (χ3n) is 11.2. The highest BCUT2D eigenvalue weighted by Gasteiger charge is 2.46. The molecule has 14 heteroatoms. The largest absolute Gasteiger partial charge is 0.347 e. The number of amides is 6. The number of fused-ring (bicyclic) bond motifs is 1. The maximum Gasteiger partial charge on any atom is 0.253 e. The van der Waals surface area contributed by atoms with Crippen LogP contribution in [0.25, 0.3) is 0 Å². The Balaban J connectivity index is 1.29. The van der Waals surface area contributed by atoms with Crippen molar-refractivity contribution in [1.82, 2.24) is 41.3 Å². The first-order valence-electron chi connectivity index (χ1n) is 19.5. The Morgan fingerprint density at radius 1 is 0.764 bits per heavy atom. The fourth-order valence-electron chi connectivity index (χ4n) is 7.56. The summed E-state index contributed by atoms with van der Waals surface area (Å²) in [6.45, 7) is 10.9. The SMILES string of the molecule is CN[C@@H](C)C(=O)N[C@H](C(=O)N1C[C@@H](NC(=O)c2ccc(C(=O)N3CCN(C(=O)[C@H](C)NC)CC3)cc2)C[C@H]1C(=O)N[C@@H]1CCCc2ccccc21)C(C)(C)C. The molecule has 6 amide bonds. The van der Waals surface area contributed by atoms with Crippen LogP contribution in [0.2, 0.25) is 0 Å². The van der Waals surface area contributed by atoms with Crippen molar-refractivity contribution in [2.45, 2.75) is 96.6 Å². The first-order valence-corrected chi connectivity index (χ1v) is 19.5. The maximum absolute atomic E-state index is 14.4. The van der Waals surface area contributed by atoms with Crippen molar-refractivity contribution in [1.29, 1.82) is 0 Å². The number of carbonyl (C=O) groups is 6. The number of hydrogen-bond acceptors (Lipinski definition) is 8. The number of hydrogen-bond donors (Lipinski definition) is 5. The topological polar surface area (TPSA) is 172 Å². The maximum atomic E-state index is 14.4. The zero-order valence-corrected chi connectivity index (χ0v) is 33.2. The van der Waals surface area contributed by atoms with Gasteiger partial charge in [0.05, 0.1) is 18.1 Å². The molecule has 0 radical (unpaired) electrons. The number of rotatable bonds is 11. The van der Waals surface area contributed by atoms with E-state index in [-0.39, 0.29) is 48.7 Å². The molecule has 3 aliphatic rings. The van der Waals surface area contributed by atoms with Crippen LogP contribution in [0.1, 0.15) is 91.8 Å². The van der Waals surface area contributed by atoms with Gasteiger partial charge in [-0.25, -0.2) is 0 Å². The van der Waals surface area contributed by atoms with Gasteiger partial charge in [-0.15, -0.1) is 0 Å². The molecule has 2 saturated heterocycles. The van der Waals surface area contributed by atoms with Crippen molar-refractivity contribution in [2.24, 2.45) is 5.41 Å². The molecule has 0 aromatic heterocycles. The molecule has 5 N–H and O–H groups in total. The Morgan fingerprint density at radius 3 is 2.02 bits per heavy atom. The van der Waals surface area contributed by atoms with Crippen LogP contribution < -0.4 is 26.6 Å². The lowest BCUT2D eigenvalue weighted by Crippen LogP contribution is -2.59. The Labute approximate surface area is 324 Å². The first-order chi connectivity index (χ1) is 26.1. The predicted molar refractivity (Wildman–Crippen MR) is 209 cm³/mol. The van der Waals surface area contributed by atoms with Crippen LogP contribution in [-0.2, 0) is 25.6 Å². The number of likely N-dealkylation sites (tertiary alicyclic amines) is 1. The molecule has 1 aliphatic carbocycles. The second-order valence-electron chi connectivity index (χ2n) is 16.1. The quantitative estimate of drug-likeness (QED) is 0.230.